The average Bonchev–Trinajstić information content (AvgIpc) is 1.69. The number of aromatic nitrogens is 3. The number of pyridine rings is 1. The first-order chi connectivity index (χ1) is 41.4. The van der Waals surface area contributed by atoms with E-state index in [0.717, 1.165) is 60.4 Å². The highest BCUT2D eigenvalue weighted by Gasteiger charge is 2.55. The molecular formula is C69H51N7O4S4. The zero-order valence-corrected chi connectivity index (χ0v) is 48.1. The summed E-state index contributed by atoms with van der Waals surface area (Å²) in [7, 11) is 0. The minimum Gasteiger partial charge on any atom is -0.469 e. The molecule has 15 heteroatoms. The molecule has 2 aliphatic heterocycles. The highest BCUT2D eigenvalue weighted by atomic mass is 32.2. The molecule has 11 aromatic rings. The number of thiazole rings is 2. The van der Waals surface area contributed by atoms with Crippen LogP contribution in [-0.2, 0) is 30.3 Å². The lowest BCUT2D eigenvalue weighted by molar-refractivity contribution is -0.144. The van der Waals surface area contributed by atoms with Gasteiger partial charge in [0, 0.05) is 39.6 Å². The lowest BCUT2D eigenvalue weighted by atomic mass is 9.77. The number of thiocarbonyl (C=S) groups is 1. The van der Waals surface area contributed by atoms with Crippen LogP contribution >= 0.6 is 46.7 Å². The first kappa shape index (κ1) is 53.9. The molecule has 8 aromatic carbocycles. The summed E-state index contributed by atoms with van der Waals surface area (Å²) >= 11 is 10.6. The van der Waals surface area contributed by atoms with E-state index in [9.17, 15) is 0 Å². The number of rotatable bonds is 18. The number of β-lactam (4-membered cyclic amide) rings is 1. The third-order valence-electron chi connectivity index (χ3n) is 15.0. The van der Waals surface area contributed by atoms with Gasteiger partial charge in [-0.1, -0.05) is 259 Å². The highest BCUT2D eigenvalue weighted by Crippen LogP contribution is 2.47. The third-order valence-corrected chi connectivity index (χ3v) is 18.4. The van der Waals surface area contributed by atoms with Gasteiger partial charge in [-0.15, -0.1) is 23.1 Å². The normalized spacial score (nSPS) is 15.3. The molecule has 13 rings (SSSR count). The molecule has 1 saturated heterocycles. The second-order valence-electron chi connectivity index (χ2n) is 20.0. The molecule has 2 aliphatic rings. The Kier molecular flexibility index (Phi) is 15.3. The Morgan fingerprint density at radius 1 is 0.619 bits per heavy atom. The van der Waals surface area contributed by atoms with Crippen LogP contribution in [0.3, 0.4) is 0 Å². The Hall–Kier alpha value is -9.38. The molecule has 0 saturated carbocycles. The number of fused-ring (bicyclic) bond motifs is 2. The van der Waals surface area contributed by atoms with Crippen molar-refractivity contribution >= 4 is 90.3 Å². The van der Waals surface area contributed by atoms with Gasteiger partial charge in [-0.3, -0.25) is 14.5 Å². The van der Waals surface area contributed by atoms with Gasteiger partial charge < -0.3 is 20.2 Å². The lowest BCUT2D eigenvalue weighted by Crippen LogP contribution is -2.71. The number of benzene rings is 8. The summed E-state index contributed by atoms with van der Waals surface area (Å²) in [5.41, 5.74) is 6.67. The molecule has 84 heavy (non-hydrogen) atoms. The van der Waals surface area contributed by atoms with Gasteiger partial charge in [-0.25, -0.2) is 15.0 Å². The first-order valence-corrected chi connectivity index (χ1v) is 30.4. The predicted octanol–water partition coefficient (Wildman–Crippen LogP) is 14.2. The number of anilines is 1. The number of amides is 2. The maximum Gasteiger partial charge on any atom is 0.276 e. The topological polar surface area (TPSA) is 131 Å². The fraction of sp³-hybridized carbons (Fsp3) is 0.0870. The zero-order chi connectivity index (χ0) is 56.9. The van der Waals surface area contributed by atoms with E-state index in [4.69, 9.17) is 36.9 Å². The second kappa shape index (κ2) is 23.8. The van der Waals surface area contributed by atoms with Gasteiger partial charge >= 0.3 is 0 Å². The van der Waals surface area contributed by atoms with Crippen LogP contribution in [0.1, 0.15) is 61.3 Å². The summed E-state index contributed by atoms with van der Waals surface area (Å²) in [6, 6.07) is 82.6. The maximum absolute atomic E-state index is 15.7. The van der Waals surface area contributed by atoms with Gasteiger partial charge in [-0.05, 0) is 52.2 Å². The van der Waals surface area contributed by atoms with E-state index in [2.05, 4.69) is 52.0 Å². The van der Waals surface area contributed by atoms with Gasteiger partial charge in [-0.2, -0.15) is 0 Å². The van der Waals surface area contributed by atoms with Crippen LogP contribution in [0.15, 0.2) is 277 Å². The molecule has 0 bridgehead atoms. The smallest absolute Gasteiger partial charge is 0.276 e. The third kappa shape index (κ3) is 10.3. The van der Waals surface area contributed by atoms with Crippen molar-refractivity contribution in [3.8, 4) is 0 Å². The average molecular weight is 1170 g/mol. The zero-order valence-electron chi connectivity index (χ0n) is 44.8. The van der Waals surface area contributed by atoms with Crippen LogP contribution in [-0.4, -0.2) is 59.6 Å². The molecule has 1 unspecified atom stereocenters. The van der Waals surface area contributed by atoms with Crippen molar-refractivity contribution in [2.75, 3.05) is 11.1 Å². The largest absolute Gasteiger partial charge is 0.469 e. The number of ether oxygens (including phenoxy) is 1. The minimum atomic E-state index is -1.36. The van der Waals surface area contributed by atoms with Crippen LogP contribution < -0.4 is 10.6 Å². The number of thioether (sulfide) groups is 1. The lowest BCUT2D eigenvalue weighted by Gasteiger charge is -2.50. The Bertz CT molecular complexity index is 3910. The van der Waals surface area contributed by atoms with E-state index >= 15 is 9.59 Å². The van der Waals surface area contributed by atoms with Crippen molar-refractivity contribution in [2.45, 2.75) is 28.7 Å². The Morgan fingerprint density at radius 3 is 1.58 bits per heavy atom. The van der Waals surface area contributed by atoms with Gasteiger partial charge in [0.1, 0.15) is 49.8 Å². The van der Waals surface area contributed by atoms with Gasteiger partial charge in [0.2, 0.25) is 10.7 Å². The van der Waals surface area contributed by atoms with E-state index in [1.54, 1.807) is 16.5 Å². The fourth-order valence-corrected chi connectivity index (χ4v) is 14.5. The monoisotopic (exact) mass is 1170 g/mol. The SMILES string of the molecule is O=C(NC1C(=O)N2C(C(=S)OC(c3ccccc3)c3ccccc3)=C(c3nc4cccnc4s3)CS[C@H]12)/C(=N\OC(c1ccccc1)(c1ccccc1)c1ccccc1)c1csc(NC(c2ccccc2)(c2ccccc2)c2ccccc2)n1. The summed E-state index contributed by atoms with van der Waals surface area (Å²) in [6.07, 6.45) is 1.13. The van der Waals surface area contributed by atoms with E-state index in [1.807, 2.05) is 218 Å². The maximum atomic E-state index is 15.7. The van der Waals surface area contributed by atoms with Gasteiger partial charge in [0.25, 0.3) is 11.8 Å². The molecule has 11 nitrogen and oxygen atoms in total. The molecule has 0 spiro atoms. The van der Waals surface area contributed by atoms with Crippen molar-refractivity contribution in [2.24, 2.45) is 5.16 Å². The molecule has 1 fully saturated rings. The van der Waals surface area contributed by atoms with Crippen molar-refractivity contribution in [3.05, 3.63) is 327 Å². The molecule has 0 aliphatic carbocycles. The van der Waals surface area contributed by atoms with Crippen molar-refractivity contribution < 1.29 is 19.2 Å². The van der Waals surface area contributed by atoms with Crippen LogP contribution in [0.25, 0.3) is 15.9 Å². The number of carbonyl (C=O) groups excluding carboxylic acids is 2. The molecule has 3 aromatic heterocycles. The van der Waals surface area contributed by atoms with Crippen molar-refractivity contribution in [1.29, 1.82) is 0 Å². The molecule has 5 heterocycles. The van der Waals surface area contributed by atoms with Crippen LogP contribution in [0.4, 0.5) is 5.13 Å². The Labute approximate surface area is 503 Å². The van der Waals surface area contributed by atoms with Crippen LogP contribution in [0.5, 0.6) is 0 Å². The molecule has 2 atom stereocenters. The second-order valence-corrected chi connectivity index (χ2v) is 23.3. The molecule has 2 amide bonds. The van der Waals surface area contributed by atoms with Gasteiger partial charge in [0.15, 0.2) is 10.8 Å². The molecule has 410 valence electrons. The van der Waals surface area contributed by atoms with E-state index in [1.165, 1.54) is 34.4 Å². The minimum absolute atomic E-state index is 0.119. The Balaban J connectivity index is 0.903. The molecular weight excluding hydrogens is 1120 g/mol. The highest BCUT2D eigenvalue weighted by molar-refractivity contribution is 8.00. The summed E-state index contributed by atoms with van der Waals surface area (Å²) in [6.45, 7) is 0. The molecule has 2 N–H and O–H groups in total. The Morgan fingerprint density at radius 2 is 1.10 bits per heavy atom. The number of nitrogens with one attached hydrogen (secondary N) is 2. The summed E-state index contributed by atoms with van der Waals surface area (Å²) in [5, 5.41) is 14.4. The number of hydrogen-bond donors (Lipinski definition) is 2. The quantitative estimate of drug-likeness (QED) is 0.0281. The van der Waals surface area contributed by atoms with E-state index in [0.29, 0.717) is 21.6 Å². The van der Waals surface area contributed by atoms with Crippen LogP contribution in [0.2, 0.25) is 0 Å². The summed E-state index contributed by atoms with van der Waals surface area (Å²) in [4.78, 5) is 55.2. The van der Waals surface area contributed by atoms with Crippen molar-refractivity contribution in [1.82, 2.24) is 25.2 Å². The van der Waals surface area contributed by atoms with Crippen LogP contribution in [0, 0.1) is 0 Å². The standard InChI is InChI=1S/C69H51N7O4S4/c77-61(73-58-64(78)76-59(54(44-82-65(58)76)62-71-55-42-25-43-70-63(55)84-62)66(81)79-60(46-26-9-1-10-27-46)47-28-11-2-12-29-47)57(75-80-69(51-36-19-6-20-37-51,52-38-21-7-22-39-52)53-40-23-8-24-41-53)56-45-83-67(72-56)74-68(48-30-13-3-14-31-48,49-32-15-4-16-33-49)50-34-17-5-18-35-50/h1-43,45,58,60,65H,44H2,(H,72,74)(H,73,77)/b75-57-/t58?,65-/m1/s1. The summed E-state index contributed by atoms with van der Waals surface area (Å²) < 4.78 is 6.89. The predicted molar refractivity (Wildman–Crippen MR) is 340 cm³/mol. The van der Waals surface area contributed by atoms with E-state index in [-0.39, 0.29) is 22.4 Å². The van der Waals surface area contributed by atoms with Gasteiger partial charge in [0.05, 0.1) is 0 Å². The number of carbonyl (C=O) groups is 2. The fourth-order valence-electron chi connectivity index (χ4n) is 11.0. The van der Waals surface area contributed by atoms with Crippen molar-refractivity contribution in [3.63, 3.8) is 0 Å². The first-order valence-electron chi connectivity index (χ1n) is 27.2. The van der Waals surface area contributed by atoms with E-state index < -0.39 is 34.6 Å². The number of nitrogens with zero attached hydrogens (tertiary/aromatic N) is 5. The number of oxime groups is 1. The molecule has 0 radical (unpaired) electrons. The summed E-state index contributed by atoms with van der Waals surface area (Å²) in [5.74, 6) is -0.665. The number of hydrogen-bond acceptors (Lipinski definition) is 13.